The zero-order chi connectivity index (χ0) is 20.6. The van der Waals surface area contributed by atoms with Crippen LogP contribution in [0.2, 0.25) is 5.02 Å². The second-order valence-electron chi connectivity index (χ2n) is 6.69. The van der Waals surface area contributed by atoms with E-state index in [4.69, 9.17) is 16.3 Å². The fourth-order valence-electron chi connectivity index (χ4n) is 3.06. The predicted molar refractivity (Wildman–Crippen MR) is 112 cm³/mol. The Balaban J connectivity index is 1.36. The van der Waals surface area contributed by atoms with Crippen molar-refractivity contribution in [3.63, 3.8) is 0 Å². The second-order valence-corrected chi connectivity index (χ2v) is 7.12. The number of carbonyl (C=O) groups excluding carboxylic acids is 1. The lowest BCUT2D eigenvalue weighted by Gasteiger charge is -2.34. The first kappa shape index (κ1) is 20.9. The minimum absolute atomic E-state index is 0.00289. The van der Waals surface area contributed by atoms with Gasteiger partial charge in [-0.25, -0.2) is 0 Å². The molecule has 0 aromatic heterocycles. The molecule has 1 aliphatic heterocycles. The topological polar surface area (TPSA) is 87.9 Å². The van der Waals surface area contributed by atoms with Crippen LogP contribution in [0.1, 0.15) is 0 Å². The SMILES string of the molecule is O=C(CNc1cccc([N+](=O)[O-])c1)N1CCN(CCOc2ccc(Cl)cc2)CC1. The van der Waals surface area contributed by atoms with E-state index < -0.39 is 4.92 Å². The molecule has 2 aromatic rings. The van der Waals surface area contributed by atoms with Gasteiger partial charge >= 0.3 is 0 Å². The Kier molecular flexibility index (Phi) is 7.26. The third-order valence-electron chi connectivity index (χ3n) is 4.72. The molecule has 1 aliphatic rings. The number of benzene rings is 2. The monoisotopic (exact) mass is 418 g/mol. The van der Waals surface area contributed by atoms with Gasteiger partial charge in [0.05, 0.1) is 11.5 Å². The van der Waals surface area contributed by atoms with Crippen molar-refractivity contribution in [2.45, 2.75) is 0 Å². The molecule has 0 unspecified atom stereocenters. The van der Waals surface area contributed by atoms with E-state index in [1.165, 1.54) is 12.1 Å². The van der Waals surface area contributed by atoms with Gasteiger partial charge in [0, 0.05) is 55.6 Å². The smallest absolute Gasteiger partial charge is 0.271 e. The van der Waals surface area contributed by atoms with Gasteiger partial charge in [-0.1, -0.05) is 17.7 Å². The van der Waals surface area contributed by atoms with Crippen LogP contribution >= 0.6 is 11.6 Å². The lowest BCUT2D eigenvalue weighted by molar-refractivity contribution is -0.384. The Morgan fingerprint density at radius 1 is 1.14 bits per heavy atom. The van der Waals surface area contributed by atoms with E-state index in [1.54, 1.807) is 29.2 Å². The Morgan fingerprint density at radius 2 is 1.86 bits per heavy atom. The summed E-state index contributed by atoms with van der Waals surface area (Å²) in [5, 5.41) is 14.5. The summed E-state index contributed by atoms with van der Waals surface area (Å²) in [4.78, 5) is 26.8. The summed E-state index contributed by atoms with van der Waals surface area (Å²) in [6.45, 7) is 4.34. The third-order valence-corrected chi connectivity index (χ3v) is 4.97. The molecule has 0 spiro atoms. The first-order valence-corrected chi connectivity index (χ1v) is 9.76. The van der Waals surface area contributed by atoms with Gasteiger partial charge in [0.25, 0.3) is 5.69 Å². The lowest BCUT2D eigenvalue weighted by Crippen LogP contribution is -2.50. The van der Waals surface area contributed by atoms with Crippen LogP contribution in [0.4, 0.5) is 11.4 Å². The summed E-state index contributed by atoms with van der Waals surface area (Å²) in [6.07, 6.45) is 0. The number of carbonyl (C=O) groups is 1. The second kappa shape index (κ2) is 10.1. The number of amides is 1. The van der Waals surface area contributed by atoms with Crippen LogP contribution in [-0.2, 0) is 4.79 Å². The lowest BCUT2D eigenvalue weighted by atomic mass is 10.2. The van der Waals surface area contributed by atoms with E-state index in [1.807, 2.05) is 12.1 Å². The number of nitrogens with zero attached hydrogens (tertiary/aromatic N) is 3. The molecule has 0 bridgehead atoms. The fourth-order valence-corrected chi connectivity index (χ4v) is 3.19. The van der Waals surface area contributed by atoms with Gasteiger partial charge in [-0.05, 0) is 30.3 Å². The number of non-ortho nitro benzene ring substituents is 1. The maximum atomic E-state index is 12.4. The molecule has 1 heterocycles. The highest BCUT2D eigenvalue weighted by molar-refractivity contribution is 6.30. The fraction of sp³-hybridized carbons (Fsp3) is 0.350. The summed E-state index contributed by atoms with van der Waals surface area (Å²) in [6, 6.07) is 13.4. The van der Waals surface area contributed by atoms with Crippen molar-refractivity contribution in [2.24, 2.45) is 0 Å². The zero-order valence-electron chi connectivity index (χ0n) is 15.9. The van der Waals surface area contributed by atoms with E-state index in [0.29, 0.717) is 30.4 Å². The maximum Gasteiger partial charge on any atom is 0.271 e. The predicted octanol–water partition coefficient (Wildman–Crippen LogP) is 2.88. The Hall–Kier alpha value is -2.84. The highest BCUT2D eigenvalue weighted by Crippen LogP contribution is 2.17. The number of anilines is 1. The zero-order valence-corrected chi connectivity index (χ0v) is 16.7. The van der Waals surface area contributed by atoms with E-state index in [0.717, 1.165) is 25.4 Å². The number of ether oxygens (including phenoxy) is 1. The minimum atomic E-state index is -0.455. The van der Waals surface area contributed by atoms with Gasteiger partial charge in [0.15, 0.2) is 0 Å². The van der Waals surface area contributed by atoms with E-state index in [-0.39, 0.29) is 18.1 Å². The van der Waals surface area contributed by atoms with Crippen LogP contribution in [0.15, 0.2) is 48.5 Å². The normalized spacial score (nSPS) is 14.4. The molecule has 3 rings (SSSR count). The standard InChI is InChI=1S/C20H23ClN4O4/c21-16-4-6-19(7-5-16)29-13-12-23-8-10-24(11-9-23)20(26)15-22-17-2-1-3-18(14-17)25(27)28/h1-7,14,22H,8-13,15H2. The molecule has 0 aliphatic carbocycles. The van der Waals surface area contributed by atoms with E-state index in [2.05, 4.69) is 10.2 Å². The Morgan fingerprint density at radius 3 is 2.55 bits per heavy atom. The number of halogens is 1. The van der Waals surface area contributed by atoms with Crippen molar-refractivity contribution in [1.82, 2.24) is 9.80 Å². The highest BCUT2D eigenvalue weighted by Gasteiger charge is 2.20. The van der Waals surface area contributed by atoms with Gasteiger partial charge < -0.3 is 15.0 Å². The molecular formula is C20H23ClN4O4. The molecule has 8 nitrogen and oxygen atoms in total. The number of nitro groups is 1. The number of nitro benzene ring substituents is 1. The van der Waals surface area contributed by atoms with Crippen molar-refractivity contribution >= 4 is 28.9 Å². The minimum Gasteiger partial charge on any atom is -0.492 e. The number of hydrogen-bond donors (Lipinski definition) is 1. The van der Waals surface area contributed by atoms with Gasteiger partial charge in [-0.3, -0.25) is 19.8 Å². The number of nitrogens with one attached hydrogen (secondary N) is 1. The van der Waals surface area contributed by atoms with Crippen LogP contribution in [-0.4, -0.2) is 66.5 Å². The van der Waals surface area contributed by atoms with Crippen LogP contribution in [0.25, 0.3) is 0 Å². The molecule has 1 amide bonds. The van der Waals surface area contributed by atoms with Crippen LogP contribution in [0.3, 0.4) is 0 Å². The summed E-state index contributed by atoms with van der Waals surface area (Å²) < 4.78 is 5.71. The average Bonchev–Trinajstić information content (AvgIpc) is 2.74. The maximum absolute atomic E-state index is 12.4. The molecule has 154 valence electrons. The summed E-state index contributed by atoms with van der Waals surface area (Å²) in [5.74, 6) is 0.768. The molecule has 9 heteroatoms. The molecule has 0 atom stereocenters. The Bertz CT molecular complexity index is 839. The largest absolute Gasteiger partial charge is 0.492 e. The summed E-state index contributed by atoms with van der Waals surface area (Å²) >= 11 is 5.86. The number of rotatable bonds is 8. The van der Waals surface area contributed by atoms with Crippen molar-refractivity contribution in [3.8, 4) is 5.75 Å². The molecule has 1 fully saturated rings. The van der Waals surface area contributed by atoms with E-state index >= 15 is 0 Å². The summed E-state index contributed by atoms with van der Waals surface area (Å²) in [7, 11) is 0. The first-order valence-electron chi connectivity index (χ1n) is 9.38. The van der Waals surface area contributed by atoms with Crippen molar-refractivity contribution < 1.29 is 14.5 Å². The molecule has 1 saturated heterocycles. The molecule has 29 heavy (non-hydrogen) atoms. The number of hydrogen-bond acceptors (Lipinski definition) is 6. The summed E-state index contributed by atoms with van der Waals surface area (Å²) in [5.41, 5.74) is 0.558. The van der Waals surface area contributed by atoms with Gasteiger partial charge in [-0.15, -0.1) is 0 Å². The Labute approximate surface area is 174 Å². The van der Waals surface area contributed by atoms with Gasteiger partial charge in [0.1, 0.15) is 12.4 Å². The third kappa shape index (κ3) is 6.33. The van der Waals surface area contributed by atoms with Gasteiger partial charge in [0.2, 0.25) is 5.91 Å². The van der Waals surface area contributed by atoms with Crippen molar-refractivity contribution in [1.29, 1.82) is 0 Å². The van der Waals surface area contributed by atoms with Gasteiger partial charge in [-0.2, -0.15) is 0 Å². The highest BCUT2D eigenvalue weighted by atomic mass is 35.5. The van der Waals surface area contributed by atoms with Crippen LogP contribution in [0, 0.1) is 10.1 Å². The van der Waals surface area contributed by atoms with E-state index in [9.17, 15) is 14.9 Å². The van der Waals surface area contributed by atoms with Crippen molar-refractivity contribution in [2.75, 3.05) is 51.2 Å². The average molecular weight is 419 g/mol. The molecule has 0 saturated carbocycles. The van der Waals surface area contributed by atoms with Crippen molar-refractivity contribution in [3.05, 3.63) is 63.7 Å². The molecule has 2 aromatic carbocycles. The molecule has 0 radical (unpaired) electrons. The molecular weight excluding hydrogens is 396 g/mol. The van der Waals surface area contributed by atoms with Crippen LogP contribution < -0.4 is 10.1 Å². The van der Waals surface area contributed by atoms with Crippen LogP contribution in [0.5, 0.6) is 5.75 Å². The first-order chi connectivity index (χ1) is 14.0. The quantitative estimate of drug-likeness (QED) is 0.524. The molecule has 1 N–H and O–H groups in total. The number of piperazine rings is 1.